The summed E-state index contributed by atoms with van der Waals surface area (Å²) in [5, 5.41) is 2.40. The van der Waals surface area contributed by atoms with E-state index in [9.17, 15) is 0 Å². The molecule has 3 rings (SSSR count). The Hall–Kier alpha value is -1.55. The smallest absolute Gasteiger partial charge is 0.108 e. The topological polar surface area (TPSA) is 38.7 Å². The summed E-state index contributed by atoms with van der Waals surface area (Å²) in [5.74, 6) is 0. The molecule has 0 unspecified atom stereocenters. The summed E-state index contributed by atoms with van der Waals surface area (Å²) in [6.45, 7) is 4.17. The predicted octanol–water partition coefficient (Wildman–Crippen LogP) is 2.86. The standard InChI is InChI=1S/C11H9N3S/c1-6-8-3-4-12-5-9(8)7(2)11-10(6)13-15-14-11/h3-5H,1-2H3. The van der Waals surface area contributed by atoms with Gasteiger partial charge in [-0.15, -0.1) is 0 Å². The highest BCUT2D eigenvalue weighted by molar-refractivity contribution is 7.00. The van der Waals surface area contributed by atoms with Gasteiger partial charge in [0.25, 0.3) is 0 Å². The molecular formula is C11H9N3S. The molecule has 4 heteroatoms. The van der Waals surface area contributed by atoms with Gasteiger partial charge in [0.1, 0.15) is 11.0 Å². The van der Waals surface area contributed by atoms with Crippen LogP contribution in [0.1, 0.15) is 11.1 Å². The SMILES string of the molecule is Cc1c2ccncc2c(C)c2nsnc12. The zero-order valence-electron chi connectivity index (χ0n) is 8.48. The minimum atomic E-state index is 1.01. The molecule has 2 heterocycles. The van der Waals surface area contributed by atoms with E-state index in [4.69, 9.17) is 0 Å². The number of rotatable bonds is 0. The van der Waals surface area contributed by atoms with Crippen LogP contribution >= 0.6 is 11.7 Å². The fourth-order valence-corrected chi connectivity index (χ4v) is 2.61. The number of pyridine rings is 1. The van der Waals surface area contributed by atoms with Gasteiger partial charge in [-0.1, -0.05) is 0 Å². The van der Waals surface area contributed by atoms with Crippen molar-refractivity contribution < 1.29 is 0 Å². The zero-order valence-corrected chi connectivity index (χ0v) is 9.30. The van der Waals surface area contributed by atoms with Gasteiger partial charge < -0.3 is 0 Å². The van der Waals surface area contributed by atoms with Gasteiger partial charge in [0.15, 0.2) is 0 Å². The van der Waals surface area contributed by atoms with Crippen LogP contribution in [0.15, 0.2) is 18.5 Å². The van der Waals surface area contributed by atoms with Gasteiger partial charge in [-0.3, -0.25) is 4.98 Å². The van der Waals surface area contributed by atoms with E-state index >= 15 is 0 Å². The van der Waals surface area contributed by atoms with Gasteiger partial charge in [0.05, 0.1) is 11.7 Å². The fourth-order valence-electron chi connectivity index (χ4n) is 1.96. The van der Waals surface area contributed by atoms with Crippen LogP contribution in [0.2, 0.25) is 0 Å². The Kier molecular flexibility index (Phi) is 1.73. The molecule has 3 nitrogen and oxygen atoms in total. The summed E-state index contributed by atoms with van der Waals surface area (Å²) >= 11 is 1.27. The molecule has 0 atom stereocenters. The predicted molar refractivity (Wildman–Crippen MR) is 62.2 cm³/mol. The molecule has 0 spiro atoms. The van der Waals surface area contributed by atoms with E-state index in [1.165, 1.54) is 33.6 Å². The largest absolute Gasteiger partial charge is 0.264 e. The molecule has 0 aliphatic rings. The van der Waals surface area contributed by atoms with Crippen molar-refractivity contribution >= 4 is 33.5 Å². The zero-order chi connectivity index (χ0) is 10.4. The maximum atomic E-state index is 4.34. The maximum absolute atomic E-state index is 4.34. The first-order valence-electron chi connectivity index (χ1n) is 4.74. The van der Waals surface area contributed by atoms with Gasteiger partial charge in [-0.2, -0.15) is 8.75 Å². The molecule has 1 aromatic carbocycles. The van der Waals surface area contributed by atoms with Gasteiger partial charge in [0.2, 0.25) is 0 Å². The number of nitrogens with zero attached hydrogens (tertiary/aromatic N) is 3. The third-order valence-corrected chi connectivity index (χ3v) is 3.36. The normalized spacial score (nSPS) is 11.3. The molecule has 0 aliphatic heterocycles. The molecule has 0 aliphatic carbocycles. The summed E-state index contributed by atoms with van der Waals surface area (Å²) in [6.07, 6.45) is 3.72. The van der Waals surface area contributed by atoms with E-state index in [1.807, 2.05) is 18.5 Å². The van der Waals surface area contributed by atoms with Gasteiger partial charge in [0, 0.05) is 17.8 Å². The average Bonchev–Trinajstić information content (AvgIpc) is 2.75. The van der Waals surface area contributed by atoms with Crippen molar-refractivity contribution in [2.45, 2.75) is 13.8 Å². The molecule has 0 radical (unpaired) electrons. The summed E-state index contributed by atoms with van der Waals surface area (Å²) in [4.78, 5) is 4.16. The second-order valence-electron chi connectivity index (χ2n) is 3.63. The Balaban J connectivity index is 2.69. The lowest BCUT2D eigenvalue weighted by molar-refractivity contribution is 1.34. The van der Waals surface area contributed by atoms with Crippen molar-refractivity contribution in [1.82, 2.24) is 13.7 Å². The van der Waals surface area contributed by atoms with Crippen LogP contribution in [0.25, 0.3) is 21.8 Å². The van der Waals surface area contributed by atoms with Gasteiger partial charge >= 0.3 is 0 Å². The van der Waals surface area contributed by atoms with Crippen molar-refractivity contribution in [3.63, 3.8) is 0 Å². The highest BCUT2D eigenvalue weighted by Gasteiger charge is 2.11. The van der Waals surface area contributed by atoms with E-state index in [-0.39, 0.29) is 0 Å². The number of aromatic nitrogens is 3. The lowest BCUT2D eigenvalue weighted by atomic mass is 10.0. The molecule has 0 saturated heterocycles. The van der Waals surface area contributed by atoms with Gasteiger partial charge in [-0.25, -0.2) is 0 Å². The van der Waals surface area contributed by atoms with Crippen molar-refractivity contribution in [3.8, 4) is 0 Å². The molecule has 0 amide bonds. The number of benzene rings is 1. The molecule has 3 aromatic rings. The fraction of sp³-hybridized carbons (Fsp3) is 0.182. The molecule has 15 heavy (non-hydrogen) atoms. The molecule has 2 aromatic heterocycles. The minimum Gasteiger partial charge on any atom is -0.264 e. The van der Waals surface area contributed by atoms with E-state index in [2.05, 4.69) is 27.6 Å². The third-order valence-electron chi connectivity index (χ3n) is 2.83. The highest BCUT2D eigenvalue weighted by Crippen LogP contribution is 2.29. The monoisotopic (exact) mass is 215 g/mol. The second kappa shape index (κ2) is 2.97. The van der Waals surface area contributed by atoms with Crippen LogP contribution in [0.4, 0.5) is 0 Å². The number of fused-ring (bicyclic) bond motifs is 2. The minimum absolute atomic E-state index is 1.01. The van der Waals surface area contributed by atoms with Crippen molar-refractivity contribution in [2.24, 2.45) is 0 Å². The third kappa shape index (κ3) is 1.08. The molecule has 0 saturated carbocycles. The van der Waals surface area contributed by atoms with Gasteiger partial charge in [-0.05, 0) is 36.4 Å². The first kappa shape index (κ1) is 8.73. The maximum Gasteiger partial charge on any atom is 0.108 e. The summed E-state index contributed by atoms with van der Waals surface area (Å²) in [5.41, 5.74) is 4.41. The highest BCUT2D eigenvalue weighted by atomic mass is 32.1. The van der Waals surface area contributed by atoms with Crippen LogP contribution in [-0.2, 0) is 0 Å². The van der Waals surface area contributed by atoms with E-state index in [1.54, 1.807) is 0 Å². The van der Waals surface area contributed by atoms with Crippen molar-refractivity contribution in [2.75, 3.05) is 0 Å². The van der Waals surface area contributed by atoms with Crippen LogP contribution in [0.5, 0.6) is 0 Å². The quantitative estimate of drug-likeness (QED) is 0.578. The number of aryl methyl sites for hydroxylation is 2. The molecular weight excluding hydrogens is 206 g/mol. The lowest BCUT2D eigenvalue weighted by Gasteiger charge is -2.05. The van der Waals surface area contributed by atoms with Crippen LogP contribution in [-0.4, -0.2) is 13.7 Å². The molecule has 0 N–H and O–H groups in total. The Bertz CT molecular complexity index is 602. The van der Waals surface area contributed by atoms with Crippen LogP contribution in [0, 0.1) is 13.8 Å². The Morgan fingerprint density at radius 3 is 2.40 bits per heavy atom. The summed E-state index contributed by atoms with van der Waals surface area (Å²) in [6, 6.07) is 2.04. The Morgan fingerprint density at radius 1 is 1.00 bits per heavy atom. The van der Waals surface area contributed by atoms with Crippen molar-refractivity contribution in [3.05, 3.63) is 29.6 Å². The number of hydrogen-bond donors (Lipinski definition) is 0. The Morgan fingerprint density at radius 2 is 1.67 bits per heavy atom. The Labute approximate surface area is 91.1 Å². The molecule has 0 fully saturated rings. The second-order valence-corrected chi connectivity index (χ2v) is 4.16. The first-order chi connectivity index (χ1) is 7.29. The molecule has 0 bridgehead atoms. The van der Waals surface area contributed by atoms with E-state index < -0.39 is 0 Å². The summed E-state index contributed by atoms with van der Waals surface area (Å²) in [7, 11) is 0. The van der Waals surface area contributed by atoms with Crippen molar-refractivity contribution in [1.29, 1.82) is 0 Å². The number of hydrogen-bond acceptors (Lipinski definition) is 4. The van der Waals surface area contributed by atoms with Crippen LogP contribution < -0.4 is 0 Å². The van der Waals surface area contributed by atoms with Crippen LogP contribution in [0.3, 0.4) is 0 Å². The summed E-state index contributed by atoms with van der Waals surface area (Å²) < 4.78 is 8.67. The first-order valence-corrected chi connectivity index (χ1v) is 5.47. The average molecular weight is 215 g/mol. The van der Waals surface area contributed by atoms with E-state index in [0.29, 0.717) is 0 Å². The lowest BCUT2D eigenvalue weighted by Crippen LogP contribution is -1.87. The van der Waals surface area contributed by atoms with E-state index in [0.717, 1.165) is 11.0 Å². The molecule has 74 valence electrons.